The molecule has 0 unspecified atom stereocenters. The molecule has 1 heterocycles. The van der Waals surface area contributed by atoms with Crippen molar-refractivity contribution in [3.63, 3.8) is 0 Å². The summed E-state index contributed by atoms with van der Waals surface area (Å²) in [5, 5.41) is 18.8. The molecule has 0 aliphatic carbocycles. The topological polar surface area (TPSA) is 53.4 Å². The predicted octanol–water partition coefficient (Wildman–Crippen LogP) is 0.285. The van der Waals surface area contributed by atoms with E-state index >= 15 is 0 Å². The molecule has 3 nitrogen and oxygen atoms in total. The molecule has 0 saturated heterocycles. The molecule has 0 aliphatic rings. The van der Waals surface area contributed by atoms with Crippen LogP contribution in [0.5, 0.6) is 0 Å². The zero-order chi connectivity index (χ0) is 9.42. The van der Waals surface area contributed by atoms with Gasteiger partial charge >= 0.3 is 7.12 Å². The van der Waals surface area contributed by atoms with Gasteiger partial charge in [0.2, 0.25) is 0 Å². The fraction of sp³-hybridized carbons (Fsp3) is 0.125. The highest BCUT2D eigenvalue weighted by molar-refractivity contribution is 7.18. The number of benzene rings is 1. The largest absolute Gasteiger partial charge is 0.488 e. The van der Waals surface area contributed by atoms with Gasteiger partial charge in [-0.25, -0.2) is 4.98 Å². The van der Waals surface area contributed by atoms with Crippen molar-refractivity contribution in [3.05, 3.63) is 23.2 Å². The zero-order valence-corrected chi connectivity index (χ0v) is 7.88. The lowest BCUT2D eigenvalue weighted by Gasteiger charge is -1.96. The Kier molecular flexibility index (Phi) is 2.07. The molecule has 2 rings (SSSR count). The third kappa shape index (κ3) is 1.58. The number of hydrogen-bond donors (Lipinski definition) is 2. The lowest BCUT2D eigenvalue weighted by atomic mass is 9.80. The average Bonchev–Trinajstić information content (AvgIpc) is 2.42. The van der Waals surface area contributed by atoms with Crippen LogP contribution < -0.4 is 5.46 Å². The van der Waals surface area contributed by atoms with E-state index in [9.17, 15) is 0 Å². The van der Waals surface area contributed by atoms with Crippen LogP contribution in [0.2, 0.25) is 0 Å². The van der Waals surface area contributed by atoms with Gasteiger partial charge in [0.25, 0.3) is 0 Å². The van der Waals surface area contributed by atoms with Crippen LogP contribution in [0, 0.1) is 6.92 Å². The minimum atomic E-state index is -1.41. The van der Waals surface area contributed by atoms with E-state index in [0.717, 1.165) is 15.2 Å². The molecule has 0 amide bonds. The van der Waals surface area contributed by atoms with Gasteiger partial charge in [-0.1, -0.05) is 6.07 Å². The van der Waals surface area contributed by atoms with E-state index in [1.165, 1.54) is 0 Å². The van der Waals surface area contributed by atoms with Crippen molar-refractivity contribution in [3.8, 4) is 0 Å². The Labute approximate surface area is 79.8 Å². The smallest absolute Gasteiger partial charge is 0.423 e. The Morgan fingerprint density at radius 3 is 2.85 bits per heavy atom. The predicted molar refractivity (Wildman–Crippen MR) is 54.2 cm³/mol. The molecule has 0 atom stereocenters. The third-order valence-electron chi connectivity index (χ3n) is 1.82. The zero-order valence-electron chi connectivity index (χ0n) is 7.06. The summed E-state index contributed by atoms with van der Waals surface area (Å²) in [6, 6.07) is 5.25. The summed E-state index contributed by atoms with van der Waals surface area (Å²) in [5.41, 5.74) is 1.31. The van der Waals surface area contributed by atoms with Gasteiger partial charge in [0, 0.05) is 0 Å². The maximum absolute atomic E-state index is 8.92. The van der Waals surface area contributed by atoms with Crippen LogP contribution in [-0.2, 0) is 0 Å². The van der Waals surface area contributed by atoms with E-state index in [0.29, 0.717) is 5.46 Å². The fourth-order valence-electron chi connectivity index (χ4n) is 1.22. The van der Waals surface area contributed by atoms with Crippen LogP contribution in [-0.4, -0.2) is 22.2 Å². The van der Waals surface area contributed by atoms with Gasteiger partial charge < -0.3 is 10.0 Å². The lowest BCUT2D eigenvalue weighted by Crippen LogP contribution is -2.29. The molecule has 0 aliphatic heterocycles. The molecule has 0 bridgehead atoms. The molecular weight excluding hydrogens is 185 g/mol. The van der Waals surface area contributed by atoms with Gasteiger partial charge in [-0.05, 0) is 24.5 Å². The summed E-state index contributed by atoms with van der Waals surface area (Å²) in [7, 11) is -1.41. The first kappa shape index (κ1) is 8.68. The number of fused-ring (bicyclic) bond motifs is 1. The van der Waals surface area contributed by atoms with Crippen molar-refractivity contribution in [2.24, 2.45) is 0 Å². The van der Waals surface area contributed by atoms with Crippen molar-refractivity contribution >= 4 is 34.1 Å². The lowest BCUT2D eigenvalue weighted by molar-refractivity contribution is 0.426. The number of aryl methyl sites for hydroxylation is 1. The number of rotatable bonds is 1. The average molecular weight is 193 g/mol. The molecule has 1 aromatic heterocycles. The highest BCUT2D eigenvalue weighted by atomic mass is 32.1. The molecule has 66 valence electrons. The van der Waals surface area contributed by atoms with Gasteiger partial charge in [0.05, 0.1) is 15.2 Å². The first-order valence-corrected chi connectivity index (χ1v) is 4.72. The van der Waals surface area contributed by atoms with Crippen molar-refractivity contribution in [1.29, 1.82) is 0 Å². The van der Waals surface area contributed by atoms with Gasteiger partial charge in [-0.3, -0.25) is 0 Å². The van der Waals surface area contributed by atoms with Crippen LogP contribution in [0.15, 0.2) is 18.2 Å². The van der Waals surface area contributed by atoms with E-state index in [1.54, 1.807) is 23.5 Å². The maximum atomic E-state index is 8.92. The summed E-state index contributed by atoms with van der Waals surface area (Å²) in [5.74, 6) is 0. The van der Waals surface area contributed by atoms with E-state index in [-0.39, 0.29) is 0 Å². The first-order valence-electron chi connectivity index (χ1n) is 3.90. The highest BCUT2D eigenvalue weighted by Gasteiger charge is 2.11. The first-order chi connectivity index (χ1) is 6.16. The molecule has 0 saturated carbocycles. The Balaban J connectivity index is 2.61. The standard InChI is InChI=1S/C8H8BNO2S/c1-5-10-7-4-6(9(11)12)2-3-8(7)13-5/h2-4,11-12H,1H3. The van der Waals surface area contributed by atoms with E-state index in [4.69, 9.17) is 10.0 Å². The third-order valence-corrected chi connectivity index (χ3v) is 2.77. The number of aromatic nitrogens is 1. The Morgan fingerprint density at radius 1 is 1.38 bits per heavy atom. The molecule has 0 spiro atoms. The number of thiazole rings is 1. The van der Waals surface area contributed by atoms with E-state index in [1.807, 2.05) is 13.0 Å². The Morgan fingerprint density at radius 2 is 2.15 bits per heavy atom. The molecule has 1 aromatic carbocycles. The molecule has 5 heteroatoms. The van der Waals surface area contributed by atoms with Crippen LogP contribution in [0.4, 0.5) is 0 Å². The summed E-state index contributed by atoms with van der Waals surface area (Å²) in [6.45, 7) is 1.93. The normalized spacial score (nSPS) is 10.7. The monoisotopic (exact) mass is 193 g/mol. The molecular formula is C8H8BNO2S. The summed E-state index contributed by atoms with van der Waals surface area (Å²) in [4.78, 5) is 4.25. The van der Waals surface area contributed by atoms with Crippen molar-refractivity contribution in [1.82, 2.24) is 4.98 Å². The Hall–Kier alpha value is -0.905. The summed E-state index contributed by atoms with van der Waals surface area (Å²) in [6.07, 6.45) is 0. The van der Waals surface area contributed by atoms with Crippen molar-refractivity contribution in [2.75, 3.05) is 0 Å². The molecule has 2 aromatic rings. The second kappa shape index (κ2) is 3.10. The Bertz CT molecular complexity index is 441. The molecule has 0 fully saturated rings. The molecule has 2 N–H and O–H groups in total. The van der Waals surface area contributed by atoms with Crippen LogP contribution in [0.1, 0.15) is 5.01 Å². The SMILES string of the molecule is Cc1nc2cc(B(O)O)ccc2s1. The molecule has 0 radical (unpaired) electrons. The van der Waals surface area contributed by atoms with Crippen LogP contribution >= 0.6 is 11.3 Å². The summed E-state index contributed by atoms with van der Waals surface area (Å²) >= 11 is 1.60. The van der Waals surface area contributed by atoms with Crippen LogP contribution in [0.3, 0.4) is 0 Å². The second-order valence-electron chi connectivity index (χ2n) is 2.83. The quantitative estimate of drug-likeness (QED) is 0.639. The van der Waals surface area contributed by atoms with E-state index < -0.39 is 7.12 Å². The van der Waals surface area contributed by atoms with Gasteiger partial charge in [-0.15, -0.1) is 11.3 Å². The van der Waals surface area contributed by atoms with Gasteiger partial charge in [0.15, 0.2) is 0 Å². The minimum Gasteiger partial charge on any atom is -0.423 e. The van der Waals surface area contributed by atoms with Crippen molar-refractivity contribution in [2.45, 2.75) is 6.92 Å². The molecule has 13 heavy (non-hydrogen) atoms. The maximum Gasteiger partial charge on any atom is 0.488 e. The summed E-state index contributed by atoms with van der Waals surface area (Å²) < 4.78 is 1.07. The van der Waals surface area contributed by atoms with Crippen molar-refractivity contribution < 1.29 is 10.0 Å². The van der Waals surface area contributed by atoms with Gasteiger partial charge in [-0.2, -0.15) is 0 Å². The number of hydrogen-bond acceptors (Lipinski definition) is 4. The highest BCUT2D eigenvalue weighted by Crippen LogP contribution is 2.19. The fourth-order valence-corrected chi connectivity index (χ4v) is 2.03. The van der Waals surface area contributed by atoms with Gasteiger partial charge in [0.1, 0.15) is 0 Å². The number of nitrogens with zero attached hydrogens (tertiary/aromatic N) is 1. The second-order valence-corrected chi connectivity index (χ2v) is 4.07. The van der Waals surface area contributed by atoms with Crippen LogP contribution in [0.25, 0.3) is 10.2 Å². The van der Waals surface area contributed by atoms with E-state index in [2.05, 4.69) is 4.98 Å². The minimum absolute atomic E-state index is 0.484.